The minimum absolute atomic E-state index is 0.0450. The van der Waals surface area contributed by atoms with Crippen LogP contribution < -0.4 is 20.6 Å². The number of ketones is 1. The van der Waals surface area contributed by atoms with E-state index < -0.39 is 11.5 Å². The number of fused-ring (bicyclic) bond motifs is 2. The van der Waals surface area contributed by atoms with E-state index in [-0.39, 0.29) is 23.0 Å². The summed E-state index contributed by atoms with van der Waals surface area (Å²) in [5, 5.41) is 22.4. The third kappa shape index (κ3) is 6.89. The number of anilines is 2. The Morgan fingerprint density at radius 3 is 2.06 bits per heavy atom. The lowest BCUT2D eigenvalue weighted by atomic mass is 9.74. The van der Waals surface area contributed by atoms with Crippen molar-refractivity contribution < 1.29 is 24.1 Å². The number of hydrogen-bond donors (Lipinski definition) is 2. The van der Waals surface area contributed by atoms with E-state index in [4.69, 9.17) is 0 Å². The summed E-state index contributed by atoms with van der Waals surface area (Å²) in [5.74, 6) is -1.13. The number of carbonyl (C=O) groups is 3. The van der Waals surface area contributed by atoms with Crippen LogP contribution in [0, 0.1) is 13.8 Å². The first kappa shape index (κ1) is 36.3. The number of benzene rings is 3. The molecule has 0 bridgehead atoms. The molecule has 0 fully saturated rings. The average Bonchev–Trinajstić information content (AvgIpc) is 3.10. The fourth-order valence-corrected chi connectivity index (χ4v) is 6.70. The molecule has 0 unspecified atom stereocenters. The van der Waals surface area contributed by atoms with Gasteiger partial charge in [-0.1, -0.05) is 67.8 Å². The van der Waals surface area contributed by atoms with E-state index in [0.29, 0.717) is 35.4 Å². The van der Waals surface area contributed by atoms with Gasteiger partial charge in [0.25, 0.3) is 0 Å². The SMILES string of the molecule is CCCCC(=O)NC1=CC(=[N+](/C)CC)/c2cc(C)ccc2/C1=C1\C(=O)C(c2c(NC(=O)CCCC)cc(N(C)CC)c3cc(C)ccc23)=C1[O-]. The largest absolute Gasteiger partial charge is 0.871 e. The van der Waals surface area contributed by atoms with E-state index >= 15 is 0 Å². The highest BCUT2D eigenvalue weighted by molar-refractivity contribution is 6.44. The van der Waals surface area contributed by atoms with Gasteiger partial charge < -0.3 is 20.6 Å². The number of aryl methyl sites for hydroxylation is 2. The number of nitrogens with one attached hydrogen (secondary N) is 2. The molecule has 2 N–H and O–H groups in total. The summed E-state index contributed by atoms with van der Waals surface area (Å²) in [4.78, 5) is 43.1. The Morgan fingerprint density at radius 2 is 1.44 bits per heavy atom. The smallest absolute Gasteiger partial charge is 0.224 e. The van der Waals surface area contributed by atoms with Crippen LogP contribution in [-0.4, -0.2) is 55.1 Å². The van der Waals surface area contributed by atoms with Gasteiger partial charge in [-0.25, -0.2) is 4.58 Å². The minimum atomic E-state index is -0.403. The van der Waals surface area contributed by atoms with E-state index in [9.17, 15) is 19.5 Å². The maximum Gasteiger partial charge on any atom is 0.224 e. The van der Waals surface area contributed by atoms with Gasteiger partial charge in [-0.15, -0.1) is 0 Å². The van der Waals surface area contributed by atoms with Crippen molar-refractivity contribution in [2.75, 3.05) is 37.4 Å². The number of hydrogen-bond acceptors (Lipinski definition) is 5. The van der Waals surface area contributed by atoms with Crippen molar-refractivity contribution in [3.8, 4) is 0 Å². The Bertz CT molecular complexity index is 2010. The maximum absolute atomic E-state index is 14.6. The zero-order valence-corrected chi connectivity index (χ0v) is 30.8. The normalized spacial score (nSPS) is 16.6. The summed E-state index contributed by atoms with van der Waals surface area (Å²) in [6, 6.07) is 13.8. The van der Waals surface area contributed by atoms with E-state index in [1.165, 1.54) is 0 Å². The quantitative estimate of drug-likeness (QED) is 0.162. The van der Waals surface area contributed by atoms with Crippen LogP contribution in [0.4, 0.5) is 11.4 Å². The molecular formula is C42H50N4O4. The summed E-state index contributed by atoms with van der Waals surface area (Å²) < 4.78 is 2.09. The Kier molecular flexibility index (Phi) is 11.1. The molecule has 50 heavy (non-hydrogen) atoms. The molecule has 5 rings (SSSR count). The van der Waals surface area contributed by atoms with Crippen LogP contribution in [0.5, 0.6) is 0 Å². The Morgan fingerprint density at radius 1 is 0.800 bits per heavy atom. The average molecular weight is 675 g/mol. The molecule has 0 saturated heterocycles. The molecule has 3 aromatic carbocycles. The van der Waals surface area contributed by atoms with Gasteiger partial charge in [-0.2, -0.15) is 0 Å². The molecule has 8 heteroatoms. The van der Waals surface area contributed by atoms with Gasteiger partial charge in [0.05, 0.1) is 16.9 Å². The van der Waals surface area contributed by atoms with Crippen LogP contribution in [0.15, 0.2) is 65.6 Å². The lowest BCUT2D eigenvalue weighted by molar-refractivity contribution is -0.492. The third-order valence-electron chi connectivity index (χ3n) is 9.78. The van der Waals surface area contributed by atoms with Crippen LogP contribution in [-0.2, 0) is 14.4 Å². The standard InChI is InChI=1S/C42H50N4O4/c1-9-13-15-35(47)43-31-23-33(45(7)11-3)29-21-25(5)17-19-27(29)37(31)39-41(49)40(42(39)50)38-28-20-18-26(6)22-30(28)34(46(8)12-4)24-32(38)44-36(48)16-14-10-2/h17-24H,9-16H2,1-8H3,(H2,43,44,47,48,49,50). The van der Waals surface area contributed by atoms with Crippen LogP contribution in [0.3, 0.4) is 0 Å². The zero-order valence-electron chi connectivity index (χ0n) is 30.8. The Labute approximate surface area is 296 Å². The second-order valence-electron chi connectivity index (χ2n) is 13.5. The molecule has 0 radical (unpaired) electrons. The Balaban J connectivity index is 1.81. The van der Waals surface area contributed by atoms with Crippen molar-refractivity contribution in [1.29, 1.82) is 0 Å². The highest BCUT2D eigenvalue weighted by Crippen LogP contribution is 2.48. The number of amides is 2. The number of nitrogens with zero attached hydrogens (tertiary/aromatic N) is 2. The molecule has 8 nitrogen and oxygen atoms in total. The first-order chi connectivity index (χ1) is 23.9. The van der Waals surface area contributed by atoms with Crippen molar-refractivity contribution >= 4 is 56.6 Å². The molecule has 0 atom stereocenters. The summed E-state index contributed by atoms with van der Waals surface area (Å²) in [6.45, 7) is 13.6. The molecule has 0 heterocycles. The van der Waals surface area contributed by atoms with Crippen LogP contribution in [0.2, 0.25) is 0 Å². The van der Waals surface area contributed by atoms with Gasteiger partial charge in [0.1, 0.15) is 13.6 Å². The summed E-state index contributed by atoms with van der Waals surface area (Å²) in [6.07, 6.45) is 5.75. The fourth-order valence-electron chi connectivity index (χ4n) is 6.70. The van der Waals surface area contributed by atoms with E-state index in [0.717, 1.165) is 83.2 Å². The predicted molar refractivity (Wildman–Crippen MR) is 202 cm³/mol. The minimum Gasteiger partial charge on any atom is -0.871 e. The molecule has 0 saturated carbocycles. The van der Waals surface area contributed by atoms with Crippen molar-refractivity contribution in [2.24, 2.45) is 0 Å². The number of unbranched alkanes of at least 4 members (excludes halogenated alkanes) is 2. The van der Waals surface area contributed by atoms with Crippen LogP contribution >= 0.6 is 0 Å². The van der Waals surface area contributed by atoms with Crippen LogP contribution in [0.1, 0.15) is 94.0 Å². The highest BCUT2D eigenvalue weighted by atomic mass is 16.3. The first-order valence-corrected chi connectivity index (χ1v) is 18.0. The summed E-state index contributed by atoms with van der Waals surface area (Å²) >= 11 is 0. The van der Waals surface area contributed by atoms with Crippen molar-refractivity contribution in [1.82, 2.24) is 5.32 Å². The molecule has 2 aliphatic carbocycles. The predicted octanol–water partition coefficient (Wildman–Crippen LogP) is 6.80. The van der Waals surface area contributed by atoms with Gasteiger partial charge in [-0.3, -0.25) is 14.4 Å². The molecule has 0 aliphatic heterocycles. The van der Waals surface area contributed by atoms with Crippen molar-refractivity contribution in [2.45, 2.75) is 80.1 Å². The molecule has 2 aliphatic rings. The summed E-state index contributed by atoms with van der Waals surface area (Å²) in [7, 11) is 3.97. The third-order valence-corrected chi connectivity index (χ3v) is 9.78. The van der Waals surface area contributed by atoms with Gasteiger partial charge in [0.2, 0.25) is 17.5 Å². The highest BCUT2D eigenvalue weighted by Gasteiger charge is 2.38. The number of allylic oxidation sites excluding steroid dienone is 4. The monoisotopic (exact) mass is 674 g/mol. The zero-order chi connectivity index (χ0) is 36.3. The topological polar surface area (TPSA) is 105 Å². The van der Waals surface area contributed by atoms with Gasteiger partial charge in [0, 0.05) is 65.9 Å². The molecule has 3 aromatic rings. The van der Waals surface area contributed by atoms with E-state index in [1.54, 1.807) is 0 Å². The van der Waals surface area contributed by atoms with Gasteiger partial charge >= 0.3 is 0 Å². The maximum atomic E-state index is 14.6. The van der Waals surface area contributed by atoms with Gasteiger partial charge in [-0.05, 0) is 69.7 Å². The lowest BCUT2D eigenvalue weighted by Gasteiger charge is -2.36. The molecule has 0 aromatic heterocycles. The number of carbonyl (C=O) groups excluding carboxylic acids is 3. The Hall–Kier alpha value is -4.98. The summed E-state index contributed by atoms with van der Waals surface area (Å²) in [5.41, 5.74) is 7.37. The second-order valence-corrected chi connectivity index (χ2v) is 13.5. The van der Waals surface area contributed by atoms with Crippen LogP contribution in [0.25, 0.3) is 21.9 Å². The van der Waals surface area contributed by atoms with E-state index in [1.807, 2.05) is 78.2 Å². The molecule has 2 amide bonds. The lowest BCUT2D eigenvalue weighted by Crippen LogP contribution is -2.35. The molecular weight excluding hydrogens is 624 g/mol. The van der Waals surface area contributed by atoms with Crippen molar-refractivity contribution in [3.05, 3.63) is 93.4 Å². The number of rotatable bonds is 12. The molecule has 0 spiro atoms. The van der Waals surface area contributed by atoms with E-state index in [2.05, 4.69) is 46.1 Å². The second kappa shape index (κ2) is 15.3. The molecule has 262 valence electrons. The fraction of sp³-hybridized carbons (Fsp3) is 0.381. The number of Topliss-reactive ketones (excluding diaryl/α,β-unsaturated/α-hetero) is 1. The van der Waals surface area contributed by atoms with Gasteiger partial charge in [0.15, 0.2) is 5.78 Å². The van der Waals surface area contributed by atoms with Crippen molar-refractivity contribution in [3.63, 3.8) is 0 Å². The first-order valence-electron chi connectivity index (χ1n) is 18.0.